The normalized spacial score (nSPS) is 10.8. The van der Waals surface area contributed by atoms with Gasteiger partial charge in [0, 0.05) is 13.1 Å². The Labute approximate surface area is 208 Å². The third-order valence-electron chi connectivity index (χ3n) is 5.01. The zero-order chi connectivity index (χ0) is 27.0. The van der Waals surface area contributed by atoms with Crippen molar-refractivity contribution in [3.63, 3.8) is 0 Å². The Morgan fingerprint density at radius 1 is 1.05 bits per heavy atom. The van der Waals surface area contributed by atoms with Gasteiger partial charge >= 0.3 is 18.1 Å². The summed E-state index contributed by atoms with van der Waals surface area (Å²) >= 11 is 0. The second-order valence-electron chi connectivity index (χ2n) is 7.61. The number of rotatable bonds is 8. The third kappa shape index (κ3) is 7.63. The summed E-state index contributed by atoms with van der Waals surface area (Å²) in [7, 11) is 1.35. The quantitative estimate of drug-likeness (QED) is 0.432. The van der Waals surface area contributed by atoms with E-state index in [1.165, 1.54) is 43.8 Å². The molecule has 192 valence electrons. The molecule has 2 aromatic carbocycles. The van der Waals surface area contributed by atoms with E-state index in [0.717, 1.165) is 12.1 Å². The molecule has 0 radical (unpaired) electrons. The number of nitrogens with zero attached hydrogens (tertiary/aromatic N) is 4. The van der Waals surface area contributed by atoms with Gasteiger partial charge in [0.25, 0.3) is 0 Å². The second-order valence-corrected chi connectivity index (χ2v) is 7.61. The van der Waals surface area contributed by atoms with Gasteiger partial charge in [0.1, 0.15) is 17.6 Å². The number of benzene rings is 2. The fraction of sp³-hybridized carbons (Fsp3) is 0.208. The Morgan fingerprint density at radius 2 is 1.76 bits per heavy atom. The lowest BCUT2D eigenvalue weighted by atomic mass is 10.1. The number of nitriles is 1. The number of carbonyl (C=O) groups is 2. The second kappa shape index (κ2) is 11.8. The first-order valence-electron chi connectivity index (χ1n) is 10.7. The molecule has 13 heteroatoms. The fourth-order valence-corrected chi connectivity index (χ4v) is 3.22. The monoisotopic (exact) mass is 516 g/mol. The van der Waals surface area contributed by atoms with Crippen molar-refractivity contribution in [1.82, 2.24) is 14.9 Å². The molecule has 1 aromatic heterocycles. The van der Waals surface area contributed by atoms with E-state index < -0.39 is 23.9 Å². The molecule has 0 spiro atoms. The Bertz CT molecular complexity index is 1290. The molecule has 9 nitrogen and oxygen atoms in total. The molecule has 0 aliphatic heterocycles. The van der Waals surface area contributed by atoms with Crippen LogP contribution in [0.5, 0.6) is 5.75 Å². The number of anilines is 2. The highest BCUT2D eigenvalue weighted by molar-refractivity contribution is 6.00. The minimum Gasteiger partial charge on any atom is -0.495 e. The zero-order valence-electron chi connectivity index (χ0n) is 19.3. The molecule has 0 fully saturated rings. The van der Waals surface area contributed by atoms with Gasteiger partial charge in [-0.15, -0.1) is 0 Å². The minimum absolute atomic E-state index is 0.0483. The smallest absolute Gasteiger partial charge is 0.471 e. The predicted molar refractivity (Wildman–Crippen MR) is 124 cm³/mol. The summed E-state index contributed by atoms with van der Waals surface area (Å²) in [6.45, 7) is -0.628. The van der Waals surface area contributed by atoms with Crippen LogP contribution in [0.3, 0.4) is 0 Å². The van der Waals surface area contributed by atoms with Crippen LogP contribution in [0.15, 0.2) is 54.9 Å². The van der Waals surface area contributed by atoms with Crippen LogP contribution in [0.4, 0.5) is 33.9 Å². The molecule has 0 aliphatic carbocycles. The summed E-state index contributed by atoms with van der Waals surface area (Å²) in [5.74, 6) is -2.23. The van der Waals surface area contributed by atoms with Crippen LogP contribution in [0.25, 0.3) is 0 Å². The maximum Gasteiger partial charge on any atom is 0.471 e. The van der Waals surface area contributed by atoms with Gasteiger partial charge in [0.15, 0.2) is 11.5 Å². The number of ether oxygens (including phenoxy) is 1. The van der Waals surface area contributed by atoms with Crippen molar-refractivity contribution in [3.8, 4) is 11.8 Å². The van der Waals surface area contributed by atoms with Gasteiger partial charge in [-0.2, -0.15) is 18.4 Å². The first kappa shape index (κ1) is 26.9. The van der Waals surface area contributed by atoms with E-state index in [9.17, 15) is 27.2 Å². The van der Waals surface area contributed by atoms with Crippen molar-refractivity contribution in [2.24, 2.45) is 0 Å². The van der Waals surface area contributed by atoms with Gasteiger partial charge < -0.3 is 15.0 Å². The highest BCUT2D eigenvalue weighted by Crippen LogP contribution is 2.27. The number of methoxy groups -OCH3 is 1. The Morgan fingerprint density at radius 3 is 2.35 bits per heavy atom. The van der Waals surface area contributed by atoms with E-state index in [2.05, 4.69) is 20.6 Å². The van der Waals surface area contributed by atoms with E-state index in [-0.39, 0.29) is 42.5 Å². The van der Waals surface area contributed by atoms with Crippen LogP contribution in [-0.2, 0) is 17.8 Å². The number of alkyl halides is 3. The molecule has 0 bridgehead atoms. The molecule has 3 aromatic rings. The van der Waals surface area contributed by atoms with Gasteiger partial charge in [0.2, 0.25) is 0 Å². The average molecular weight is 516 g/mol. The topological polar surface area (TPSA) is 120 Å². The average Bonchev–Trinajstić information content (AvgIpc) is 2.87. The number of halogens is 4. The lowest BCUT2D eigenvalue weighted by Gasteiger charge is -2.24. The molecule has 1 heterocycles. The maximum absolute atomic E-state index is 13.1. The van der Waals surface area contributed by atoms with Gasteiger partial charge in [-0.05, 0) is 41.8 Å². The first-order chi connectivity index (χ1) is 17.6. The van der Waals surface area contributed by atoms with Crippen LogP contribution in [0.1, 0.15) is 16.8 Å². The summed E-state index contributed by atoms with van der Waals surface area (Å²) in [4.78, 5) is 32.5. The van der Waals surface area contributed by atoms with Gasteiger partial charge in [0.05, 0.1) is 25.2 Å². The standard InChI is InChI=1S/C24H20F4N6O3/c1-37-20-10-15(4-7-19(20)32-23(36)33-21-13-30-18(11-29)12-31-21)8-9-34(22(35)24(26,27)28)14-16-2-5-17(25)6-3-16/h2-7,10,12-13H,8-9,14H2,1H3,(H2,31,32,33,36). The largest absolute Gasteiger partial charge is 0.495 e. The van der Waals surface area contributed by atoms with Crippen LogP contribution in [0, 0.1) is 17.1 Å². The summed E-state index contributed by atoms with van der Waals surface area (Å²) in [5.41, 5.74) is 1.23. The summed E-state index contributed by atoms with van der Waals surface area (Å²) in [6, 6.07) is 10.5. The third-order valence-corrected chi connectivity index (χ3v) is 5.01. The van der Waals surface area contributed by atoms with Gasteiger partial charge in [-0.1, -0.05) is 18.2 Å². The number of hydrogen-bond acceptors (Lipinski definition) is 6. The van der Waals surface area contributed by atoms with Crippen molar-refractivity contribution in [3.05, 3.63) is 77.5 Å². The van der Waals surface area contributed by atoms with E-state index in [0.29, 0.717) is 16.0 Å². The Kier molecular flexibility index (Phi) is 8.57. The first-order valence-corrected chi connectivity index (χ1v) is 10.7. The molecule has 0 atom stereocenters. The highest BCUT2D eigenvalue weighted by atomic mass is 19.4. The number of urea groups is 1. The van der Waals surface area contributed by atoms with Crippen LogP contribution in [-0.4, -0.2) is 46.6 Å². The van der Waals surface area contributed by atoms with Crippen molar-refractivity contribution < 1.29 is 31.9 Å². The number of carbonyl (C=O) groups excluding carboxylic acids is 2. The van der Waals surface area contributed by atoms with Gasteiger partial charge in [-0.25, -0.2) is 19.2 Å². The zero-order valence-corrected chi connectivity index (χ0v) is 19.3. The van der Waals surface area contributed by atoms with E-state index in [4.69, 9.17) is 10.00 Å². The van der Waals surface area contributed by atoms with Crippen molar-refractivity contribution in [1.29, 1.82) is 5.26 Å². The molecule has 0 saturated carbocycles. The fourth-order valence-electron chi connectivity index (χ4n) is 3.22. The summed E-state index contributed by atoms with van der Waals surface area (Å²) < 4.78 is 57.8. The van der Waals surface area contributed by atoms with Crippen molar-refractivity contribution >= 4 is 23.4 Å². The molecule has 0 saturated heterocycles. The van der Waals surface area contributed by atoms with Crippen molar-refractivity contribution in [2.45, 2.75) is 19.1 Å². The van der Waals surface area contributed by atoms with Crippen LogP contribution < -0.4 is 15.4 Å². The molecule has 3 rings (SSSR count). The lowest BCUT2D eigenvalue weighted by Crippen LogP contribution is -2.41. The molecule has 0 aliphatic rings. The van der Waals surface area contributed by atoms with E-state index >= 15 is 0 Å². The number of hydrogen-bond donors (Lipinski definition) is 2. The molecule has 37 heavy (non-hydrogen) atoms. The van der Waals surface area contributed by atoms with Crippen molar-refractivity contribution in [2.75, 3.05) is 24.3 Å². The SMILES string of the molecule is COc1cc(CCN(Cc2ccc(F)cc2)C(=O)C(F)(F)F)ccc1NC(=O)Nc1cnc(C#N)cn1. The summed E-state index contributed by atoms with van der Waals surface area (Å²) in [6.07, 6.45) is -2.63. The summed E-state index contributed by atoms with van der Waals surface area (Å²) in [5, 5.41) is 13.7. The van der Waals surface area contributed by atoms with Crippen LogP contribution >= 0.6 is 0 Å². The van der Waals surface area contributed by atoms with Crippen LogP contribution in [0.2, 0.25) is 0 Å². The lowest BCUT2D eigenvalue weighted by molar-refractivity contribution is -0.186. The van der Waals surface area contributed by atoms with E-state index in [1.54, 1.807) is 12.1 Å². The van der Waals surface area contributed by atoms with E-state index in [1.807, 2.05) is 0 Å². The Hall–Kier alpha value is -4.73. The number of nitrogens with one attached hydrogen (secondary N) is 2. The van der Waals surface area contributed by atoms with Gasteiger partial charge in [-0.3, -0.25) is 10.1 Å². The molecule has 0 unspecified atom stereocenters. The number of amides is 3. The minimum atomic E-state index is -5.07. The molecule has 3 amide bonds. The molecule has 2 N–H and O–H groups in total. The Balaban J connectivity index is 1.68. The highest BCUT2D eigenvalue weighted by Gasteiger charge is 2.42. The number of aromatic nitrogens is 2. The predicted octanol–water partition coefficient (Wildman–Crippen LogP) is 4.27. The maximum atomic E-state index is 13.1. The molecular formula is C24H20F4N6O3. The molecular weight excluding hydrogens is 496 g/mol.